The Kier molecular flexibility index (Phi) is 10.5. The number of nitrogens with two attached hydrogens (primary N) is 1. The molecule has 1 heterocycles. The maximum absolute atomic E-state index is 12.1. The number of pyridine rings is 1. The van der Waals surface area contributed by atoms with Crippen molar-refractivity contribution in [1.29, 1.82) is 0 Å². The molecule has 0 saturated carbocycles. The molecule has 1 amide bonds. The molecule has 178 valence electrons. The standard InChI is InChI=1S/C16H15ClN2O3.C9H11NO2/c1-22-16(21)11-4-2-10(3-5-11)9-19-15(20)13-7-6-12(17)8-14(13)18;1-12-9(11)6-5-8-4-2-3-7-10-8/h2-8H,9,18H2,1H3,(H,19,20);2-4,7H,5-6H2,1H3. The Bertz CT molecular complexity index is 1110. The van der Waals surface area contributed by atoms with Crippen LogP contribution in [0, 0.1) is 0 Å². The fourth-order valence-electron chi connectivity index (χ4n) is 2.77. The lowest BCUT2D eigenvalue weighted by molar-refractivity contribution is -0.140. The number of rotatable bonds is 7. The van der Waals surface area contributed by atoms with Crippen molar-refractivity contribution in [3.05, 3.63) is 94.3 Å². The third kappa shape index (κ3) is 8.55. The summed E-state index contributed by atoms with van der Waals surface area (Å²) in [5, 5.41) is 3.24. The fraction of sp³-hybridized carbons (Fsp3) is 0.200. The molecule has 3 rings (SSSR count). The lowest BCUT2D eigenvalue weighted by Crippen LogP contribution is -2.23. The molecule has 8 nitrogen and oxygen atoms in total. The van der Waals surface area contributed by atoms with Gasteiger partial charge in [0, 0.05) is 35.6 Å². The van der Waals surface area contributed by atoms with Gasteiger partial charge in [-0.2, -0.15) is 0 Å². The van der Waals surface area contributed by atoms with Crippen molar-refractivity contribution in [1.82, 2.24) is 10.3 Å². The average molecular weight is 484 g/mol. The summed E-state index contributed by atoms with van der Waals surface area (Å²) >= 11 is 5.80. The van der Waals surface area contributed by atoms with Gasteiger partial charge in [0.05, 0.1) is 31.8 Å². The number of carbonyl (C=O) groups excluding carboxylic acids is 3. The van der Waals surface area contributed by atoms with E-state index in [0.29, 0.717) is 41.2 Å². The van der Waals surface area contributed by atoms with E-state index in [-0.39, 0.29) is 11.9 Å². The molecular weight excluding hydrogens is 458 g/mol. The number of amides is 1. The molecule has 0 spiro atoms. The molecule has 34 heavy (non-hydrogen) atoms. The minimum Gasteiger partial charge on any atom is -0.469 e. The van der Waals surface area contributed by atoms with Crippen LogP contribution in [0.4, 0.5) is 5.69 Å². The second-order valence-corrected chi connectivity index (χ2v) is 7.44. The first-order chi connectivity index (χ1) is 16.3. The van der Waals surface area contributed by atoms with Gasteiger partial charge in [0.1, 0.15) is 0 Å². The first kappa shape index (κ1) is 26.3. The van der Waals surface area contributed by atoms with E-state index in [4.69, 9.17) is 17.3 Å². The molecule has 3 N–H and O–H groups in total. The normalized spacial score (nSPS) is 9.85. The van der Waals surface area contributed by atoms with E-state index in [0.717, 1.165) is 11.3 Å². The van der Waals surface area contributed by atoms with E-state index < -0.39 is 5.97 Å². The van der Waals surface area contributed by atoms with Crippen molar-refractivity contribution in [3.63, 3.8) is 0 Å². The smallest absolute Gasteiger partial charge is 0.337 e. The van der Waals surface area contributed by atoms with Gasteiger partial charge in [0.15, 0.2) is 0 Å². The molecule has 9 heteroatoms. The Morgan fingerprint density at radius 3 is 2.32 bits per heavy atom. The zero-order valence-electron chi connectivity index (χ0n) is 18.9. The van der Waals surface area contributed by atoms with Crippen LogP contribution in [0.15, 0.2) is 66.9 Å². The van der Waals surface area contributed by atoms with Crippen molar-refractivity contribution in [2.45, 2.75) is 19.4 Å². The van der Waals surface area contributed by atoms with Gasteiger partial charge in [-0.1, -0.05) is 29.8 Å². The van der Waals surface area contributed by atoms with Gasteiger partial charge >= 0.3 is 11.9 Å². The molecule has 0 unspecified atom stereocenters. The summed E-state index contributed by atoms with van der Waals surface area (Å²) in [6.07, 6.45) is 2.76. The molecule has 0 atom stereocenters. The van der Waals surface area contributed by atoms with Gasteiger partial charge in [-0.3, -0.25) is 14.6 Å². The zero-order chi connectivity index (χ0) is 24.9. The Morgan fingerprint density at radius 1 is 1.00 bits per heavy atom. The van der Waals surface area contributed by atoms with E-state index in [2.05, 4.69) is 19.8 Å². The van der Waals surface area contributed by atoms with Crippen molar-refractivity contribution >= 4 is 35.1 Å². The van der Waals surface area contributed by atoms with Crippen LogP contribution >= 0.6 is 11.6 Å². The highest BCUT2D eigenvalue weighted by atomic mass is 35.5. The highest BCUT2D eigenvalue weighted by Gasteiger charge is 2.10. The lowest BCUT2D eigenvalue weighted by atomic mass is 10.1. The summed E-state index contributed by atoms with van der Waals surface area (Å²) in [7, 11) is 2.72. The van der Waals surface area contributed by atoms with Crippen LogP contribution < -0.4 is 11.1 Å². The number of nitrogens with zero attached hydrogens (tertiary/aromatic N) is 1. The van der Waals surface area contributed by atoms with Crippen LogP contribution in [0.2, 0.25) is 5.02 Å². The summed E-state index contributed by atoms with van der Waals surface area (Å²) in [5.74, 6) is -0.878. The molecule has 0 aliphatic heterocycles. The number of esters is 2. The molecule has 0 radical (unpaired) electrons. The van der Waals surface area contributed by atoms with E-state index in [1.807, 2.05) is 18.2 Å². The Hall–Kier alpha value is -3.91. The van der Waals surface area contributed by atoms with Crippen LogP contribution in [0.25, 0.3) is 0 Å². The number of hydrogen-bond acceptors (Lipinski definition) is 7. The van der Waals surface area contributed by atoms with Gasteiger partial charge in [-0.25, -0.2) is 4.79 Å². The second-order valence-electron chi connectivity index (χ2n) is 7.00. The quantitative estimate of drug-likeness (QED) is 0.387. The van der Waals surface area contributed by atoms with Crippen LogP contribution in [-0.4, -0.2) is 37.0 Å². The number of nitrogens with one attached hydrogen (secondary N) is 1. The molecule has 0 aliphatic carbocycles. The number of ether oxygens (including phenoxy) is 2. The molecule has 0 saturated heterocycles. The van der Waals surface area contributed by atoms with E-state index in [9.17, 15) is 14.4 Å². The van der Waals surface area contributed by atoms with Crippen LogP contribution in [0.3, 0.4) is 0 Å². The van der Waals surface area contributed by atoms with Crippen LogP contribution in [-0.2, 0) is 27.2 Å². The molecule has 3 aromatic rings. The topological polar surface area (TPSA) is 121 Å². The van der Waals surface area contributed by atoms with Crippen LogP contribution in [0.5, 0.6) is 0 Å². The van der Waals surface area contributed by atoms with Crippen molar-refractivity contribution in [2.24, 2.45) is 0 Å². The van der Waals surface area contributed by atoms with Crippen molar-refractivity contribution in [3.8, 4) is 0 Å². The Labute approximate surface area is 203 Å². The van der Waals surface area contributed by atoms with Gasteiger partial charge < -0.3 is 20.5 Å². The predicted octanol–water partition coefficient (Wildman–Crippen LogP) is 3.83. The third-order valence-electron chi connectivity index (χ3n) is 4.63. The maximum Gasteiger partial charge on any atom is 0.337 e. The predicted molar refractivity (Wildman–Crippen MR) is 129 cm³/mol. The largest absolute Gasteiger partial charge is 0.469 e. The van der Waals surface area contributed by atoms with E-state index in [1.54, 1.807) is 42.6 Å². The summed E-state index contributed by atoms with van der Waals surface area (Å²) in [6.45, 7) is 0.322. The molecule has 0 aliphatic rings. The first-order valence-corrected chi connectivity index (χ1v) is 10.7. The summed E-state index contributed by atoms with van der Waals surface area (Å²) in [6, 6.07) is 17.1. The number of carbonyl (C=O) groups is 3. The minimum atomic E-state index is -0.399. The highest BCUT2D eigenvalue weighted by Crippen LogP contribution is 2.18. The number of hydrogen-bond donors (Lipinski definition) is 2. The molecule has 2 aromatic carbocycles. The zero-order valence-corrected chi connectivity index (χ0v) is 19.7. The number of benzene rings is 2. The number of nitrogen functional groups attached to an aromatic ring is 1. The number of aryl methyl sites for hydroxylation is 1. The minimum absolute atomic E-state index is 0.194. The number of halogens is 1. The van der Waals surface area contributed by atoms with Crippen LogP contribution in [0.1, 0.15) is 38.4 Å². The summed E-state index contributed by atoms with van der Waals surface area (Å²) in [5.41, 5.74) is 8.69. The molecule has 1 aromatic heterocycles. The summed E-state index contributed by atoms with van der Waals surface area (Å²) in [4.78, 5) is 38.2. The van der Waals surface area contributed by atoms with Crippen molar-refractivity contribution in [2.75, 3.05) is 20.0 Å². The monoisotopic (exact) mass is 483 g/mol. The fourth-order valence-corrected chi connectivity index (χ4v) is 2.95. The highest BCUT2D eigenvalue weighted by molar-refractivity contribution is 6.31. The molecular formula is C25H26ClN3O5. The number of aromatic nitrogens is 1. The second kappa shape index (κ2) is 13.6. The lowest BCUT2D eigenvalue weighted by Gasteiger charge is -2.08. The average Bonchev–Trinajstić information content (AvgIpc) is 2.86. The van der Waals surface area contributed by atoms with Gasteiger partial charge in [0.25, 0.3) is 5.91 Å². The number of anilines is 1. The third-order valence-corrected chi connectivity index (χ3v) is 4.86. The van der Waals surface area contributed by atoms with Gasteiger partial charge in [0.2, 0.25) is 0 Å². The maximum atomic E-state index is 12.1. The van der Waals surface area contributed by atoms with Gasteiger partial charge in [-0.15, -0.1) is 0 Å². The molecule has 0 bridgehead atoms. The van der Waals surface area contributed by atoms with Gasteiger partial charge in [-0.05, 0) is 48.0 Å². The van der Waals surface area contributed by atoms with E-state index in [1.165, 1.54) is 20.3 Å². The Morgan fingerprint density at radius 2 is 1.74 bits per heavy atom. The first-order valence-electron chi connectivity index (χ1n) is 10.3. The SMILES string of the molecule is COC(=O)CCc1ccccn1.COC(=O)c1ccc(CNC(=O)c2ccc(Cl)cc2N)cc1. The van der Waals surface area contributed by atoms with Crippen molar-refractivity contribution < 1.29 is 23.9 Å². The van der Waals surface area contributed by atoms with E-state index >= 15 is 0 Å². The number of methoxy groups -OCH3 is 2. The Balaban J connectivity index is 0.000000287. The molecule has 0 fully saturated rings. The summed E-state index contributed by atoms with van der Waals surface area (Å²) < 4.78 is 9.13.